The molecular weight excluding hydrogens is 327 g/mol. The Labute approximate surface area is 145 Å². The zero-order chi connectivity index (χ0) is 17.6. The average Bonchev–Trinajstić information content (AvgIpc) is 2.85. The maximum absolute atomic E-state index is 14.5. The van der Waals surface area contributed by atoms with Crippen LogP contribution in [0.1, 0.15) is 19.8 Å². The largest absolute Gasteiger partial charge is 0.444 e. The van der Waals surface area contributed by atoms with E-state index in [9.17, 15) is 14.0 Å². The summed E-state index contributed by atoms with van der Waals surface area (Å²) in [7, 11) is 0. The highest BCUT2D eigenvalue weighted by Gasteiger charge is 2.49. The van der Waals surface area contributed by atoms with Gasteiger partial charge < -0.3 is 19.2 Å². The lowest BCUT2D eigenvalue weighted by molar-refractivity contribution is -0.127. The van der Waals surface area contributed by atoms with E-state index in [0.29, 0.717) is 30.8 Å². The van der Waals surface area contributed by atoms with Crippen molar-refractivity contribution < 1.29 is 23.5 Å². The highest BCUT2D eigenvalue weighted by Crippen LogP contribution is 2.41. The number of cyclic esters (lactones) is 1. The van der Waals surface area contributed by atoms with Crippen LogP contribution in [0.5, 0.6) is 0 Å². The van der Waals surface area contributed by atoms with Crippen LogP contribution in [0.2, 0.25) is 0 Å². The summed E-state index contributed by atoms with van der Waals surface area (Å²) in [6, 6.07) is 4.84. The van der Waals surface area contributed by atoms with Gasteiger partial charge in [0.15, 0.2) is 0 Å². The molecule has 1 atom stereocenters. The summed E-state index contributed by atoms with van der Waals surface area (Å²) in [6.45, 7) is 4.98. The van der Waals surface area contributed by atoms with Crippen LogP contribution in [0.4, 0.5) is 20.6 Å². The molecule has 1 aromatic carbocycles. The average molecular weight is 348 g/mol. The van der Waals surface area contributed by atoms with Crippen molar-refractivity contribution in [3.8, 4) is 0 Å². The van der Waals surface area contributed by atoms with Crippen LogP contribution in [-0.2, 0) is 14.3 Å². The molecule has 25 heavy (non-hydrogen) atoms. The predicted molar refractivity (Wildman–Crippen MR) is 89.4 cm³/mol. The van der Waals surface area contributed by atoms with Crippen molar-refractivity contribution in [2.75, 3.05) is 42.6 Å². The molecule has 3 fully saturated rings. The summed E-state index contributed by atoms with van der Waals surface area (Å²) in [5.41, 5.74) is 1.26. The maximum Gasteiger partial charge on any atom is 0.414 e. The Kier molecular flexibility index (Phi) is 3.91. The van der Waals surface area contributed by atoms with Gasteiger partial charge in [-0.3, -0.25) is 4.90 Å². The number of amides is 1. The summed E-state index contributed by atoms with van der Waals surface area (Å²) in [5.74, 6) is -0.276. The quantitative estimate of drug-likeness (QED) is 0.818. The minimum Gasteiger partial charge on any atom is -0.444 e. The Morgan fingerprint density at radius 3 is 2.72 bits per heavy atom. The second-order valence-electron chi connectivity index (χ2n) is 7.34. The summed E-state index contributed by atoms with van der Waals surface area (Å²) >= 11 is 0. The fourth-order valence-electron chi connectivity index (χ4n) is 3.67. The molecule has 0 aromatic heterocycles. The van der Waals surface area contributed by atoms with Crippen molar-refractivity contribution in [2.24, 2.45) is 5.41 Å². The number of carbonyl (C=O) groups excluding carboxylic acids is 2. The van der Waals surface area contributed by atoms with Crippen molar-refractivity contribution >= 4 is 23.3 Å². The molecule has 0 radical (unpaired) electrons. The SMILES string of the molecule is CC(=O)CC[C@H]1CN(c2ccc(N3CC4(COC4)C3)c(F)c2)C(=O)O1. The summed E-state index contributed by atoms with van der Waals surface area (Å²) in [5, 5.41) is 0. The van der Waals surface area contributed by atoms with Crippen molar-refractivity contribution in [1.82, 2.24) is 0 Å². The number of halogens is 1. The van der Waals surface area contributed by atoms with E-state index in [1.165, 1.54) is 17.9 Å². The highest BCUT2D eigenvalue weighted by atomic mass is 19.1. The monoisotopic (exact) mass is 348 g/mol. The third kappa shape index (κ3) is 2.97. The predicted octanol–water partition coefficient (Wildman–Crippen LogP) is 2.36. The number of ketones is 1. The zero-order valence-corrected chi connectivity index (χ0v) is 14.2. The number of nitrogens with zero attached hydrogens (tertiary/aromatic N) is 2. The Morgan fingerprint density at radius 1 is 1.36 bits per heavy atom. The molecule has 0 unspecified atom stereocenters. The van der Waals surface area contributed by atoms with Gasteiger partial charge in [-0.05, 0) is 31.5 Å². The topological polar surface area (TPSA) is 59.1 Å². The second kappa shape index (κ2) is 5.98. The molecule has 0 N–H and O–H groups in total. The third-order valence-corrected chi connectivity index (χ3v) is 5.15. The van der Waals surface area contributed by atoms with E-state index < -0.39 is 6.09 Å². The van der Waals surface area contributed by atoms with Gasteiger partial charge in [0.2, 0.25) is 0 Å². The first-order chi connectivity index (χ1) is 12.0. The van der Waals surface area contributed by atoms with E-state index in [1.807, 2.05) is 4.90 Å². The van der Waals surface area contributed by atoms with Gasteiger partial charge in [-0.2, -0.15) is 0 Å². The lowest BCUT2D eigenvalue weighted by Gasteiger charge is -2.56. The summed E-state index contributed by atoms with van der Waals surface area (Å²) in [6.07, 6.45) is 0.0541. The number of ether oxygens (including phenoxy) is 2. The van der Waals surface area contributed by atoms with Crippen molar-refractivity contribution in [3.63, 3.8) is 0 Å². The van der Waals surface area contributed by atoms with Gasteiger partial charge in [-0.25, -0.2) is 9.18 Å². The van der Waals surface area contributed by atoms with Gasteiger partial charge in [0.1, 0.15) is 17.7 Å². The van der Waals surface area contributed by atoms with Crippen LogP contribution in [-0.4, -0.2) is 50.8 Å². The number of hydrogen-bond acceptors (Lipinski definition) is 5. The lowest BCUT2D eigenvalue weighted by atomic mass is 9.78. The molecular formula is C18H21FN2O4. The number of anilines is 2. The van der Waals surface area contributed by atoms with E-state index in [2.05, 4.69) is 0 Å². The number of carbonyl (C=O) groups is 2. The molecule has 7 heteroatoms. The highest BCUT2D eigenvalue weighted by molar-refractivity contribution is 5.90. The Morgan fingerprint density at radius 2 is 2.12 bits per heavy atom. The van der Waals surface area contributed by atoms with Crippen LogP contribution in [0.25, 0.3) is 0 Å². The third-order valence-electron chi connectivity index (χ3n) is 5.15. The van der Waals surface area contributed by atoms with E-state index >= 15 is 0 Å². The first-order valence-electron chi connectivity index (χ1n) is 8.56. The van der Waals surface area contributed by atoms with E-state index in [0.717, 1.165) is 26.3 Å². The van der Waals surface area contributed by atoms with Crippen molar-refractivity contribution in [3.05, 3.63) is 24.0 Å². The minimum absolute atomic E-state index is 0.0640. The summed E-state index contributed by atoms with van der Waals surface area (Å²) < 4.78 is 25.0. The van der Waals surface area contributed by atoms with Crippen LogP contribution in [0.15, 0.2) is 18.2 Å². The molecule has 134 valence electrons. The van der Waals surface area contributed by atoms with E-state index in [-0.39, 0.29) is 23.1 Å². The number of hydrogen-bond donors (Lipinski definition) is 0. The molecule has 3 heterocycles. The first-order valence-corrected chi connectivity index (χ1v) is 8.56. The molecule has 0 saturated carbocycles. The Bertz CT molecular complexity index is 711. The second-order valence-corrected chi connectivity index (χ2v) is 7.34. The van der Waals surface area contributed by atoms with Gasteiger partial charge in [0.05, 0.1) is 36.5 Å². The molecule has 6 nitrogen and oxygen atoms in total. The Balaban J connectivity index is 1.42. The van der Waals surface area contributed by atoms with Crippen LogP contribution in [0, 0.1) is 11.2 Å². The smallest absolute Gasteiger partial charge is 0.414 e. The normalized spacial score (nSPS) is 24.1. The number of benzene rings is 1. The maximum atomic E-state index is 14.5. The van der Waals surface area contributed by atoms with Crippen LogP contribution >= 0.6 is 0 Å². The number of rotatable bonds is 5. The fraction of sp³-hybridized carbons (Fsp3) is 0.556. The number of Topliss-reactive ketones (excluding diaryl/α,β-unsaturated/α-hetero) is 1. The van der Waals surface area contributed by atoms with Gasteiger partial charge >= 0.3 is 6.09 Å². The fourth-order valence-corrected chi connectivity index (χ4v) is 3.67. The molecule has 3 saturated heterocycles. The standard InChI is InChI=1S/C18H21FN2O4/c1-12(22)2-4-14-7-21(17(23)25-14)13-3-5-16(15(19)6-13)20-8-18(9-20)10-24-11-18/h3,5-6,14H,2,4,7-11H2,1H3/t14-/m0/s1. The molecule has 3 aliphatic rings. The van der Waals surface area contributed by atoms with Gasteiger partial charge in [-0.1, -0.05) is 0 Å². The molecule has 1 spiro atoms. The van der Waals surface area contributed by atoms with Gasteiger partial charge in [0.25, 0.3) is 0 Å². The zero-order valence-electron chi connectivity index (χ0n) is 14.2. The van der Waals surface area contributed by atoms with Crippen LogP contribution in [0.3, 0.4) is 0 Å². The molecule has 0 aliphatic carbocycles. The van der Waals surface area contributed by atoms with Crippen molar-refractivity contribution in [1.29, 1.82) is 0 Å². The minimum atomic E-state index is -0.491. The Hall–Kier alpha value is -2.15. The van der Waals surface area contributed by atoms with Gasteiger partial charge in [-0.15, -0.1) is 0 Å². The lowest BCUT2D eigenvalue weighted by Crippen LogP contribution is -2.66. The van der Waals surface area contributed by atoms with Gasteiger partial charge in [0, 0.05) is 19.5 Å². The molecule has 1 aromatic rings. The molecule has 3 aliphatic heterocycles. The molecule has 1 amide bonds. The van der Waals surface area contributed by atoms with Crippen molar-refractivity contribution in [2.45, 2.75) is 25.9 Å². The first kappa shape index (κ1) is 16.3. The molecule has 0 bridgehead atoms. The van der Waals surface area contributed by atoms with E-state index in [1.54, 1.807) is 12.1 Å². The summed E-state index contributed by atoms with van der Waals surface area (Å²) in [4.78, 5) is 26.5. The molecule has 4 rings (SSSR count). The van der Waals surface area contributed by atoms with E-state index in [4.69, 9.17) is 9.47 Å². The van der Waals surface area contributed by atoms with Crippen LogP contribution < -0.4 is 9.80 Å².